The molecule has 0 radical (unpaired) electrons. The van der Waals surface area contributed by atoms with E-state index < -0.39 is 17.0 Å². The maximum Gasteiger partial charge on any atom is 0.335 e. The number of hydrogen-bond acceptors (Lipinski definition) is 5. The van der Waals surface area contributed by atoms with E-state index in [1.165, 1.54) is 12.1 Å². The Kier molecular flexibility index (Phi) is 6.67. The van der Waals surface area contributed by atoms with Crippen LogP contribution in [-0.2, 0) is 15.1 Å². The van der Waals surface area contributed by atoms with E-state index in [2.05, 4.69) is 5.32 Å². The molecule has 0 atom stereocenters. The van der Waals surface area contributed by atoms with E-state index in [0.29, 0.717) is 45.0 Å². The van der Waals surface area contributed by atoms with Gasteiger partial charge in [0.2, 0.25) is 5.91 Å². The van der Waals surface area contributed by atoms with Gasteiger partial charge in [-0.15, -0.1) is 0 Å². The van der Waals surface area contributed by atoms with E-state index in [0.717, 1.165) is 18.4 Å². The standard InChI is InChI=1S/C25H29FN2O5/c1-28(14-17-33-21-8-6-20(26)7-9-21)25(12-15-32-16-13-25)23(31)27-24(10-11-24)19-4-2-18(3-5-19)22(29)30/h2-9H,10-17H2,1H3,(H,27,31)(H,29,30). The molecule has 1 aliphatic carbocycles. The van der Waals surface area contributed by atoms with Crippen molar-refractivity contribution in [3.63, 3.8) is 0 Å². The van der Waals surface area contributed by atoms with Crippen LogP contribution in [0.4, 0.5) is 4.39 Å². The Morgan fingerprint density at radius 3 is 2.27 bits per heavy atom. The van der Waals surface area contributed by atoms with Crippen molar-refractivity contribution in [2.75, 3.05) is 33.4 Å². The number of carbonyl (C=O) groups excluding carboxylic acids is 1. The highest BCUT2D eigenvalue weighted by Gasteiger charge is 2.51. The van der Waals surface area contributed by atoms with Gasteiger partial charge in [-0.3, -0.25) is 9.69 Å². The molecule has 0 aromatic heterocycles. The number of ether oxygens (including phenoxy) is 2. The van der Waals surface area contributed by atoms with Crippen LogP contribution in [0, 0.1) is 5.82 Å². The summed E-state index contributed by atoms with van der Waals surface area (Å²) < 4.78 is 24.4. The van der Waals surface area contributed by atoms with Crippen molar-refractivity contribution in [1.29, 1.82) is 0 Å². The maximum atomic E-state index is 13.7. The number of carbonyl (C=O) groups is 2. The highest BCUT2D eigenvalue weighted by atomic mass is 19.1. The largest absolute Gasteiger partial charge is 0.492 e. The molecule has 33 heavy (non-hydrogen) atoms. The SMILES string of the molecule is CN(CCOc1ccc(F)cc1)C1(C(=O)NC2(c3ccc(C(=O)O)cc3)CC2)CCOCC1. The van der Waals surface area contributed by atoms with E-state index in [-0.39, 0.29) is 17.3 Å². The molecule has 1 heterocycles. The molecule has 2 aliphatic rings. The molecular formula is C25H29FN2O5. The number of aromatic carboxylic acids is 1. The number of hydrogen-bond donors (Lipinski definition) is 2. The highest BCUT2D eigenvalue weighted by Crippen LogP contribution is 2.46. The van der Waals surface area contributed by atoms with Crippen molar-refractivity contribution in [3.05, 3.63) is 65.5 Å². The van der Waals surface area contributed by atoms with Crippen molar-refractivity contribution in [1.82, 2.24) is 10.2 Å². The summed E-state index contributed by atoms with van der Waals surface area (Å²) in [6.07, 6.45) is 2.77. The Bertz CT molecular complexity index is 983. The molecule has 1 aliphatic heterocycles. The number of amides is 1. The summed E-state index contributed by atoms with van der Waals surface area (Å²) in [5.74, 6) is -0.753. The van der Waals surface area contributed by atoms with Gasteiger partial charge in [-0.05, 0) is 74.7 Å². The number of rotatable bonds is 9. The smallest absolute Gasteiger partial charge is 0.335 e. The summed E-state index contributed by atoms with van der Waals surface area (Å²) in [4.78, 5) is 26.8. The van der Waals surface area contributed by atoms with Gasteiger partial charge in [0.05, 0.1) is 11.1 Å². The fourth-order valence-corrected chi connectivity index (χ4v) is 4.41. The molecular weight excluding hydrogens is 427 g/mol. The minimum absolute atomic E-state index is 0.0464. The van der Waals surface area contributed by atoms with E-state index in [1.54, 1.807) is 36.4 Å². The first-order valence-electron chi connectivity index (χ1n) is 11.2. The Morgan fingerprint density at radius 2 is 1.70 bits per heavy atom. The van der Waals surface area contributed by atoms with Gasteiger partial charge in [0.15, 0.2) is 0 Å². The summed E-state index contributed by atoms with van der Waals surface area (Å²) in [5, 5.41) is 12.4. The third-order valence-electron chi connectivity index (χ3n) is 6.77. The first kappa shape index (κ1) is 23.2. The lowest BCUT2D eigenvalue weighted by atomic mass is 9.86. The maximum absolute atomic E-state index is 13.7. The van der Waals surface area contributed by atoms with Crippen molar-refractivity contribution >= 4 is 11.9 Å². The van der Waals surface area contributed by atoms with Gasteiger partial charge in [0.1, 0.15) is 23.7 Å². The molecule has 2 fully saturated rings. The zero-order valence-corrected chi connectivity index (χ0v) is 18.7. The van der Waals surface area contributed by atoms with Crippen molar-refractivity contribution < 1.29 is 28.6 Å². The summed E-state index contributed by atoms with van der Waals surface area (Å²) in [6, 6.07) is 12.6. The van der Waals surface area contributed by atoms with Crippen molar-refractivity contribution in [3.8, 4) is 5.75 Å². The van der Waals surface area contributed by atoms with Crippen molar-refractivity contribution in [2.24, 2.45) is 0 Å². The summed E-state index contributed by atoms with van der Waals surface area (Å²) in [5.41, 5.74) is -0.0284. The molecule has 0 unspecified atom stereocenters. The van der Waals surface area contributed by atoms with Crippen LogP contribution in [0.2, 0.25) is 0 Å². The van der Waals surface area contributed by atoms with Gasteiger partial charge in [-0.2, -0.15) is 0 Å². The van der Waals surface area contributed by atoms with Crippen LogP contribution in [-0.4, -0.2) is 60.8 Å². The normalized spacial score (nSPS) is 18.5. The Balaban J connectivity index is 1.43. The molecule has 176 valence electrons. The lowest BCUT2D eigenvalue weighted by Gasteiger charge is -2.43. The molecule has 1 saturated heterocycles. The van der Waals surface area contributed by atoms with Crippen LogP contribution in [0.25, 0.3) is 0 Å². The number of nitrogens with zero attached hydrogens (tertiary/aromatic N) is 1. The zero-order valence-electron chi connectivity index (χ0n) is 18.7. The molecule has 1 saturated carbocycles. The Hall–Kier alpha value is -2.97. The van der Waals surface area contributed by atoms with Crippen LogP contribution in [0.15, 0.2) is 48.5 Å². The van der Waals surface area contributed by atoms with E-state index in [1.807, 2.05) is 11.9 Å². The number of carboxylic acid groups (broad SMARTS) is 1. The van der Waals surface area contributed by atoms with Gasteiger partial charge < -0.3 is 19.9 Å². The molecule has 2 aromatic carbocycles. The fourth-order valence-electron chi connectivity index (χ4n) is 4.41. The van der Waals surface area contributed by atoms with Crippen LogP contribution in [0.3, 0.4) is 0 Å². The van der Waals surface area contributed by atoms with Gasteiger partial charge in [0, 0.05) is 19.8 Å². The minimum Gasteiger partial charge on any atom is -0.492 e. The quantitative estimate of drug-likeness (QED) is 0.603. The van der Waals surface area contributed by atoms with E-state index in [9.17, 15) is 14.0 Å². The first-order chi connectivity index (χ1) is 15.8. The average Bonchev–Trinajstić information content (AvgIpc) is 3.61. The van der Waals surface area contributed by atoms with E-state index in [4.69, 9.17) is 14.6 Å². The van der Waals surface area contributed by atoms with Crippen molar-refractivity contribution in [2.45, 2.75) is 36.8 Å². The second kappa shape index (κ2) is 9.49. The first-order valence-corrected chi connectivity index (χ1v) is 11.2. The Labute approximate surface area is 192 Å². The molecule has 4 rings (SSSR count). The van der Waals surface area contributed by atoms with Crippen LogP contribution >= 0.6 is 0 Å². The lowest BCUT2D eigenvalue weighted by molar-refractivity contribution is -0.140. The molecule has 2 aromatic rings. The zero-order chi connectivity index (χ0) is 23.5. The summed E-state index contributed by atoms with van der Waals surface area (Å²) in [7, 11) is 1.92. The van der Waals surface area contributed by atoms with Gasteiger partial charge >= 0.3 is 5.97 Å². The van der Waals surface area contributed by atoms with Crippen LogP contribution in [0.5, 0.6) is 5.75 Å². The van der Waals surface area contributed by atoms with E-state index >= 15 is 0 Å². The fraction of sp³-hybridized carbons (Fsp3) is 0.440. The third kappa shape index (κ3) is 5.02. The van der Waals surface area contributed by atoms with Crippen LogP contribution < -0.4 is 10.1 Å². The second-order valence-electron chi connectivity index (χ2n) is 8.79. The number of nitrogens with one attached hydrogen (secondary N) is 1. The highest BCUT2D eigenvalue weighted by molar-refractivity contribution is 5.88. The summed E-state index contributed by atoms with van der Waals surface area (Å²) >= 11 is 0. The predicted molar refractivity (Wildman–Crippen MR) is 120 cm³/mol. The molecule has 2 N–H and O–H groups in total. The number of carboxylic acids is 1. The minimum atomic E-state index is -0.971. The van der Waals surface area contributed by atoms with Crippen LogP contribution in [0.1, 0.15) is 41.6 Å². The molecule has 8 heteroatoms. The monoisotopic (exact) mass is 456 g/mol. The topological polar surface area (TPSA) is 88.1 Å². The third-order valence-corrected chi connectivity index (χ3v) is 6.77. The second-order valence-corrected chi connectivity index (χ2v) is 8.79. The van der Waals surface area contributed by atoms with Gasteiger partial charge in [0.25, 0.3) is 0 Å². The number of likely N-dealkylation sites (N-methyl/N-ethyl adjacent to an activating group) is 1. The molecule has 0 spiro atoms. The summed E-state index contributed by atoms with van der Waals surface area (Å²) in [6.45, 7) is 1.87. The van der Waals surface area contributed by atoms with Gasteiger partial charge in [-0.1, -0.05) is 12.1 Å². The predicted octanol–water partition coefficient (Wildman–Crippen LogP) is 3.19. The average molecular weight is 457 g/mol. The Morgan fingerprint density at radius 1 is 1.06 bits per heavy atom. The number of benzene rings is 2. The lowest BCUT2D eigenvalue weighted by Crippen LogP contribution is -2.62. The molecule has 1 amide bonds. The number of halogens is 1. The van der Waals surface area contributed by atoms with Gasteiger partial charge in [-0.25, -0.2) is 9.18 Å². The molecule has 7 nitrogen and oxygen atoms in total. The molecule has 0 bridgehead atoms.